The average molecular weight is 410 g/mol. The predicted molar refractivity (Wildman–Crippen MR) is 110 cm³/mol. The van der Waals surface area contributed by atoms with Crippen LogP contribution in [0.15, 0.2) is 65.6 Å². The molecule has 2 aromatic rings. The van der Waals surface area contributed by atoms with E-state index >= 15 is 0 Å². The van der Waals surface area contributed by atoms with Gasteiger partial charge in [0.25, 0.3) is 0 Å². The van der Waals surface area contributed by atoms with Crippen molar-refractivity contribution < 1.29 is 24.3 Å². The zero-order chi connectivity index (χ0) is 21.0. The Kier molecular flexibility index (Phi) is 6.13. The van der Waals surface area contributed by atoms with Gasteiger partial charge in [0.2, 0.25) is 17.7 Å². The Labute approximate surface area is 171 Å². The number of carboxylic acid groups (broad SMARTS) is 1. The van der Waals surface area contributed by atoms with Crippen LogP contribution >= 0.6 is 11.8 Å². The molecule has 0 saturated carbocycles. The van der Waals surface area contributed by atoms with Gasteiger partial charge in [-0.3, -0.25) is 14.4 Å². The van der Waals surface area contributed by atoms with Gasteiger partial charge in [0.15, 0.2) is 0 Å². The molecule has 0 unspecified atom stereocenters. The summed E-state index contributed by atoms with van der Waals surface area (Å²) in [4.78, 5) is 49.3. The van der Waals surface area contributed by atoms with Gasteiger partial charge in [-0.2, -0.15) is 0 Å². The smallest absolute Gasteiger partial charge is 0.328 e. The highest BCUT2D eigenvalue weighted by atomic mass is 32.2. The number of rotatable bonds is 6. The summed E-state index contributed by atoms with van der Waals surface area (Å²) in [5, 5.41) is 10.6. The van der Waals surface area contributed by atoms with Crippen molar-refractivity contribution in [3.8, 4) is 0 Å². The SMILES string of the molecule is Cc1cccc(N2C(=O)C[C@@H](Sc3cccc(NC(=O)/C=C/C(=O)O)c3)C2=O)c1. The largest absolute Gasteiger partial charge is 0.478 e. The maximum absolute atomic E-state index is 12.8. The van der Waals surface area contributed by atoms with E-state index in [1.165, 1.54) is 16.7 Å². The van der Waals surface area contributed by atoms with E-state index in [-0.39, 0.29) is 18.2 Å². The van der Waals surface area contributed by atoms with Gasteiger partial charge in [-0.25, -0.2) is 9.69 Å². The Morgan fingerprint density at radius 2 is 1.90 bits per heavy atom. The monoisotopic (exact) mass is 410 g/mol. The molecule has 0 aromatic heterocycles. The van der Waals surface area contributed by atoms with Crippen molar-refractivity contribution in [2.24, 2.45) is 0 Å². The molecule has 1 aliphatic rings. The lowest BCUT2D eigenvalue weighted by Gasteiger charge is -2.15. The first-order valence-corrected chi connectivity index (χ1v) is 9.63. The molecule has 0 radical (unpaired) electrons. The normalized spacial score (nSPS) is 16.4. The van der Waals surface area contributed by atoms with Crippen LogP contribution < -0.4 is 10.2 Å². The van der Waals surface area contributed by atoms with Gasteiger partial charge in [-0.05, 0) is 42.8 Å². The van der Waals surface area contributed by atoms with E-state index in [0.717, 1.165) is 17.7 Å². The van der Waals surface area contributed by atoms with Crippen molar-refractivity contribution in [1.82, 2.24) is 0 Å². The zero-order valence-corrected chi connectivity index (χ0v) is 16.3. The minimum Gasteiger partial charge on any atom is -0.478 e. The summed E-state index contributed by atoms with van der Waals surface area (Å²) in [6, 6.07) is 14.0. The number of benzene rings is 2. The summed E-state index contributed by atoms with van der Waals surface area (Å²) in [6.07, 6.45) is 1.76. The molecular formula is C21H18N2O5S. The van der Waals surface area contributed by atoms with Crippen molar-refractivity contribution in [2.75, 3.05) is 10.2 Å². The lowest BCUT2D eigenvalue weighted by atomic mass is 10.2. The Morgan fingerprint density at radius 3 is 2.62 bits per heavy atom. The van der Waals surface area contributed by atoms with Crippen LogP contribution in [-0.4, -0.2) is 34.0 Å². The summed E-state index contributed by atoms with van der Waals surface area (Å²) in [6.45, 7) is 1.90. The summed E-state index contributed by atoms with van der Waals surface area (Å²) in [5.41, 5.74) is 1.98. The van der Waals surface area contributed by atoms with Crippen LogP contribution in [0.1, 0.15) is 12.0 Å². The van der Waals surface area contributed by atoms with Crippen LogP contribution in [0.2, 0.25) is 0 Å². The molecule has 0 bridgehead atoms. The fourth-order valence-electron chi connectivity index (χ4n) is 2.88. The first kappa shape index (κ1) is 20.3. The number of nitrogens with zero attached hydrogens (tertiary/aromatic N) is 1. The van der Waals surface area contributed by atoms with Gasteiger partial charge in [0.1, 0.15) is 0 Å². The third-order valence-electron chi connectivity index (χ3n) is 4.12. The molecule has 7 nitrogen and oxygen atoms in total. The molecule has 2 aromatic carbocycles. The van der Waals surface area contributed by atoms with E-state index < -0.39 is 17.1 Å². The molecule has 8 heteroatoms. The molecule has 0 spiro atoms. The van der Waals surface area contributed by atoms with Crippen molar-refractivity contribution in [3.05, 3.63) is 66.2 Å². The lowest BCUT2D eigenvalue weighted by molar-refractivity contribution is -0.131. The van der Waals surface area contributed by atoms with E-state index in [1.807, 2.05) is 13.0 Å². The molecule has 3 rings (SSSR count). The number of imide groups is 1. The number of carbonyl (C=O) groups is 4. The Hall–Kier alpha value is -3.39. The number of aryl methyl sites for hydroxylation is 1. The van der Waals surface area contributed by atoms with Gasteiger partial charge in [0.05, 0.1) is 10.9 Å². The van der Waals surface area contributed by atoms with Gasteiger partial charge in [-0.1, -0.05) is 18.2 Å². The highest BCUT2D eigenvalue weighted by Crippen LogP contribution is 2.35. The second-order valence-corrected chi connectivity index (χ2v) is 7.68. The number of carbonyl (C=O) groups excluding carboxylic acids is 3. The molecule has 1 aliphatic heterocycles. The van der Waals surface area contributed by atoms with Gasteiger partial charge in [0, 0.05) is 29.2 Å². The number of carboxylic acids is 1. The van der Waals surface area contributed by atoms with Gasteiger partial charge >= 0.3 is 5.97 Å². The van der Waals surface area contributed by atoms with E-state index in [1.54, 1.807) is 42.5 Å². The molecule has 1 fully saturated rings. The van der Waals surface area contributed by atoms with E-state index in [4.69, 9.17) is 5.11 Å². The molecule has 29 heavy (non-hydrogen) atoms. The Morgan fingerprint density at radius 1 is 1.14 bits per heavy atom. The second-order valence-electron chi connectivity index (χ2n) is 6.41. The van der Waals surface area contributed by atoms with Crippen LogP contribution in [0.3, 0.4) is 0 Å². The fourth-order valence-corrected chi connectivity index (χ4v) is 3.99. The maximum atomic E-state index is 12.8. The standard InChI is InChI=1S/C21H18N2O5S/c1-13-4-2-6-15(10-13)23-19(25)12-17(21(23)28)29-16-7-3-5-14(11-16)22-18(24)8-9-20(26)27/h2-11,17H,12H2,1H3,(H,22,24)(H,26,27)/b9-8+/t17-/m1/s1. The van der Waals surface area contributed by atoms with E-state index in [9.17, 15) is 19.2 Å². The van der Waals surface area contributed by atoms with Crippen molar-refractivity contribution >= 4 is 46.8 Å². The summed E-state index contributed by atoms with van der Waals surface area (Å²) < 4.78 is 0. The maximum Gasteiger partial charge on any atom is 0.328 e. The lowest BCUT2D eigenvalue weighted by Crippen LogP contribution is -2.31. The molecule has 0 aliphatic carbocycles. The quantitative estimate of drug-likeness (QED) is 0.560. The Bertz CT molecular complexity index is 1020. The van der Waals surface area contributed by atoms with E-state index in [0.29, 0.717) is 16.3 Å². The number of amides is 3. The minimum atomic E-state index is -1.22. The van der Waals surface area contributed by atoms with Crippen molar-refractivity contribution in [3.63, 3.8) is 0 Å². The molecule has 1 atom stereocenters. The number of nitrogens with one attached hydrogen (secondary N) is 1. The highest BCUT2D eigenvalue weighted by molar-refractivity contribution is 8.00. The second kappa shape index (κ2) is 8.74. The zero-order valence-electron chi connectivity index (χ0n) is 15.5. The predicted octanol–water partition coefficient (Wildman–Crippen LogP) is 3.00. The first-order valence-electron chi connectivity index (χ1n) is 8.75. The van der Waals surface area contributed by atoms with Crippen molar-refractivity contribution in [2.45, 2.75) is 23.5 Å². The van der Waals surface area contributed by atoms with Crippen LogP contribution in [0.5, 0.6) is 0 Å². The number of aliphatic carboxylic acids is 1. The van der Waals surface area contributed by atoms with Gasteiger partial charge in [-0.15, -0.1) is 11.8 Å². The summed E-state index contributed by atoms with van der Waals surface area (Å²) in [7, 11) is 0. The van der Waals surface area contributed by atoms with Crippen molar-refractivity contribution in [1.29, 1.82) is 0 Å². The third kappa shape index (κ3) is 5.11. The van der Waals surface area contributed by atoms with E-state index in [2.05, 4.69) is 5.32 Å². The third-order valence-corrected chi connectivity index (χ3v) is 5.30. The van der Waals surface area contributed by atoms with Gasteiger partial charge < -0.3 is 10.4 Å². The molecule has 2 N–H and O–H groups in total. The number of hydrogen-bond donors (Lipinski definition) is 2. The number of anilines is 2. The first-order chi connectivity index (χ1) is 13.8. The van der Waals surface area contributed by atoms with Crippen LogP contribution in [0.4, 0.5) is 11.4 Å². The Balaban J connectivity index is 1.70. The topological polar surface area (TPSA) is 104 Å². The summed E-state index contributed by atoms with van der Waals surface area (Å²) in [5.74, 6) is -2.31. The van der Waals surface area contributed by atoms with Crippen LogP contribution in [-0.2, 0) is 19.2 Å². The van der Waals surface area contributed by atoms with Crippen LogP contribution in [0, 0.1) is 6.92 Å². The molecule has 1 heterocycles. The minimum absolute atomic E-state index is 0.0926. The molecule has 3 amide bonds. The fraction of sp³-hybridized carbons (Fsp3) is 0.143. The average Bonchev–Trinajstić information content (AvgIpc) is 2.93. The van der Waals surface area contributed by atoms with Crippen LogP contribution in [0.25, 0.3) is 0 Å². The summed E-state index contributed by atoms with van der Waals surface area (Å²) >= 11 is 1.25. The highest BCUT2D eigenvalue weighted by Gasteiger charge is 2.40. The number of thioether (sulfide) groups is 1. The number of hydrogen-bond acceptors (Lipinski definition) is 5. The molecule has 1 saturated heterocycles. The molecule has 148 valence electrons. The molecular weight excluding hydrogens is 392 g/mol.